The van der Waals surface area contributed by atoms with E-state index in [2.05, 4.69) is 10.5 Å². The number of non-ortho nitro benzene ring substituents is 1. The average Bonchev–Trinajstić information content (AvgIpc) is 2.71. The van der Waals surface area contributed by atoms with Crippen LogP contribution in [0.2, 0.25) is 0 Å². The lowest BCUT2D eigenvalue weighted by atomic mass is 10.2. The summed E-state index contributed by atoms with van der Waals surface area (Å²) >= 11 is 0. The van der Waals surface area contributed by atoms with E-state index in [0.717, 1.165) is 5.56 Å². The van der Waals surface area contributed by atoms with Crippen LogP contribution in [-0.2, 0) is 4.84 Å². The quantitative estimate of drug-likeness (QED) is 0.564. The van der Waals surface area contributed by atoms with E-state index in [4.69, 9.17) is 4.84 Å². The molecule has 6 heteroatoms. The summed E-state index contributed by atoms with van der Waals surface area (Å²) in [4.78, 5) is 18.6. The molecular weight excluding hydrogens is 186 g/mol. The van der Waals surface area contributed by atoms with Gasteiger partial charge in [-0.1, -0.05) is 0 Å². The van der Waals surface area contributed by atoms with Gasteiger partial charge in [-0.15, -0.1) is 5.48 Å². The Morgan fingerprint density at radius 1 is 1.43 bits per heavy atom. The van der Waals surface area contributed by atoms with Crippen molar-refractivity contribution in [3.8, 4) is 0 Å². The summed E-state index contributed by atoms with van der Waals surface area (Å²) in [5, 5.41) is 10.4. The molecule has 0 aliphatic carbocycles. The van der Waals surface area contributed by atoms with Crippen LogP contribution in [0.1, 0.15) is 11.7 Å². The van der Waals surface area contributed by atoms with E-state index in [0.29, 0.717) is 0 Å². The van der Waals surface area contributed by atoms with Crippen molar-refractivity contribution in [1.82, 2.24) is 5.48 Å². The Hall–Kier alpha value is -1.95. The number of nitro benzene ring substituents is 1. The maximum atomic E-state index is 10.4. The minimum atomic E-state index is -0.439. The fourth-order valence-corrected chi connectivity index (χ4v) is 1.15. The summed E-state index contributed by atoms with van der Waals surface area (Å²) < 4.78 is 0. The molecular formula is C8H7N3O3. The molecule has 1 aliphatic heterocycles. The van der Waals surface area contributed by atoms with E-state index in [-0.39, 0.29) is 11.9 Å². The van der Waals surface area contributed by atoms with Crippen LogP contribution in [0.25, 0.3) is 0 Å². The second kappa shape index (κ2) is 3.43. The van der Waals surface area contributed by atoms with Crippen LogP contribution in [0.15, 0.2) is 29.3 Å². The summed E-state index contributed by atoms with van der Waals surface area (Å²) in [5.74, 6) is 0. The molecule has 1 heterocycles. The Labute approximate surface area is 79.3 Å². The maximum absolute atomic E-state index is 10.4. The number of aliphatic imine (C=N–C) groups is 1. The number of hydroxylamine groups is 1. The van der Waals surface area contributed by atoms with E-state index < -0.39 is 4.92 Å². The minimum absolute atomic E-state index is 0.0663. The zero-order chi connectivity index (χ0) is 9.97. The lowest BCUT2D eigenvalue weighted by Gasteiger charge is -2.05. The second-order valence-electron chi connectivity index (χ2n) is 2.74. The Balaban J connectivity index is 2.21. The van der Waals surface area contributed by atoms with Crippen molar-refractivity contribution in [2.24, 2.45) is 4.99 Å². The predicted molar refractivity (Wildman–Crippen MR) is 48.6 cm³/mol. The largest absolute Gasteiger partial charge is 0.394 e. The van der Waals surface area contributed by atoms with Crippen molar-refractivity contribution in [1.29, 1.82) is 0 Å². The van der Waals surface area contributed by atoms with Gasteiger partial charge in [0.1, 0.15) is 0 Å². The molecule has 0 saturated heterocycles. The third-order valence-corrected chi connectivity index (χ3v) is 1.86. The molecule has 1 aromatic carbocycles. The van der Waals surface area contributed by atoms with Crippen LogP contribution in [0.4, 0.5) is 5.69 Å². The molecule has 0 saturated carbocycles. The second-order valence-corrected chi connectivity index (χ2v) is 2.74. The number of rotatable bonds is 2. The number of nitrogens with zero attached hydrogens (tertiary/aromatic N) is 2. The first kappa shape index (κ1) is 8.64. The highest BCUT2D eigenvalue weighted by atomic mass is 16.7. The number of benzene rings is 1. The highest BCUT2D eigenvalue weighted by Crippen LogP contribution is 2.19. The molecule has 6 nitrogen and oxygen atoms in total. The van der Waals surface area contributed by atoms with Gasteiger partial charge in [0.2, 0.25) is 0 Å². The topological polar surface area (TPSA) is 76.8 Å². The lowest BCUT2D eigenvalue weighted by molar-refractivity contribution is -0.384. The van der Waals surface area contributed by atoms with Crippen LogP contribution < -0.4 is 5.48 Å². The van der Waals surface area contributed by atoms with Gasteiger partial charge < -0.3 is 4.84 Å². The minimum Gasteiger partial charge on any atom is -0.394 e. The van der Waals surface area contributed by atoms with Gasteiger partial charge in [-0.05, 0) is 17.7 Å². The molecule has 1 atom stereocenters. The molecule has 1 aromatic rings. The smallest absolute Gasteiger partial charge is 0.269 e. The number of nitro groups is 1. The van der Waals surface area contributed by atoms with Crippen LogP contribution in [0, 0.1) is 10.1 Å². The molecule has 1 N–H and O–H groups in total. The van der Waals surface area contributed by atoms with Crippen LogP contribution in [0.3, 0.4) is 0 Å². The first-order valence-corrected chi connectivity index (χ1v) is 3.94. The van der Waals surface area contributed by atoms with Crippen molar-refractivity contribution in [3.05, 3.63) is 39.9 Å². The van der Waals surface area contributed by atoms with Crippen molar-refractivity contribution in [3.63, 3.8) is 0 Å². The van der Waals surface area contributed by atoms with Gasteiger partial charge in [-0.2, -0.15) is 0 Å². The normalized spacial score (nSPS) is 19.3. The van der Waals surface area contributed by atoms with E-state index in [1.165, 1.54) is 18.5 Å². The number of hydrogen-bond donors (Lipinski definition) is 1. The summed E-state index contributed by atoms with van der Waals surface area (Å²) in [5.41, 5.74) is 3.52. The van der Waals surface area contributed by atoms with E-state index in [1.807, 2.05) is 0 Å². The van der Waals surface area contributed by atoms with Crippen molar-refractivity contribution >= 4 is 12.1 Å². The molecule has 0 bridgehead atoms. The van der Waals surface area contributed by atoms with Gasteiger partial charge in [0, 0.05) is 12.1 Å². The highest BCUT2D eigenvalue weighted by Gasteiger charge is 2.14. The van der Waals surface area contributed by atoms with Crippen molar-refractivity contribution < 1.29 is 9.76 Å². The Kier molecular flexibility index (Phi) is 2.11. The van der Waals surface area contributed by atoms with Gasteiger partial charge in [-0.3, -0.25) is 10.1 Å². The number of hydrogen-bond acceptors (Lipinski definition) is 5. The van der Waals surface area contributed by atoms with E-state index in [9.17, 15) is 10.1 Å². The summed E-state index contributed by atoms with van der Waals surface area (Å²) in [6, 6.07) is 6.15. The Morgan fingerprint density at radius 2 is 2.14 bits per heavy atom. The molecule has 1 aliphatic rings. The summed E-state index contributed by atoms with van der Waals surface area (Å²) in [6.07, 6.45) is 1.03. The summed E-state index contributed by atoms with van der Waals surface area (Å²) in [7, 11) is 0. The Bertz CT molecular complexity index is 374. The van der Waals surface area contributed by atoms with Gasteiger partial charge in [-0.25, -0.2) is 4.99 Å². The van der Waals surface area contributed by atoms with Gasteiger partial charge in [0.25, 0.3) is 5.69 Å². The first-order valence-electron chi connectivity index (χ1n) is 3.94. The van der Waals surface area contributed by atoms with E-state index in [1.54, 1.807) is 12.1 Å². The fraction of sp³-hybridized carbons (Fsp3) is 0.125. The molecule has 2 rings (SSSR count). The van der Waals surface area contributed by atoms with Gasteiger partial charge >= 0.3 is 0 Å². The molecule has 0 fully saturated rings. The van der Waals surface area contributed by atoms with E-state index >= 15 is 0 Å². The highest BCUT2D eigenvalue weighted by molar-refractivity contribution is 5.49. The van der Waals surface area contributed by atoms with Crippen LogP contribution in [-0.4, -0.2) is 11.3 Å². The molecule has 14 heavy (non-hydrogen) atoms. The molecule has 0 spiro atoms. The van der Waals surface area contributed by atoms with Gasteiger partial charge in [0.05, 0.1) is 4.92 Å². The standard InChI is InChI=1S/C8H7N3O3/c12-11(13)7-3-1-6(2-4-7)8-9-5-14-10-8/h1-5,8,10H/t8-/m0/s1. The maximum Gasteiger partial charge on any atom is 0.269 e. The third-order valence-electron chi connectivity index (χ3n) is 1.86. The summed E-state index contributed by atoms with van der Waals surface area (Å²) in [6.45, 7) is 0. The molecule has 0 amide bonds. The fourth-order valence-electron chi connectivity index (χ4n) is 1.15. The SMILES string of the molecule is O=[N+]([O-])c1ccc([C@H]2N=CON2)cc1. The zero-order valence-corrected chi connectivity index (χ0v) is 7.08. The van der Waals surface area contributed by atoms with Crippen molar-refractivity contribution in [2.75, 3.05) is 0 Å². The van der Waals surface area contributed by atoms with Crippen LogP contribution >= 0.6 is 0 Å². The number of nitrogens with one attached hydrogen (secondary N) is 1. The predicted octanol–water partition coefficient (Wildman–Crippen LogP) is 1.16. The molecule has 0 unspecified atom stereocenters. The first-order chi connectivity index (χ1) is 6.77. The Morgan fingerprint density at radius 3 is 2.64 bits per heavy atom. The van der Waals surface area contributed by atoms with Crippen LogP contribution in [0.5, 0.6) is 0 Å². The molecule has 72 valence electrons. The lowest BCUT2D eigenvalue weighted by Crippen LogP contribution is -2.12. The molecule has 0 radical (unpaired) electrons. The van der Waals surface area contributed by atoms with Crippen molar-refractivity contribution in [2.45, 2.75) is 6.17 Å². The van der Waals surface area contributed by atoms with Gasteiger partial charge in [0.15, 0.2) is 12.6 Å². The monoisotopic (exact) mass is 193 g/mol. The zero-order valence-electron chi connectivity index (χ0n) is 7.08. The third kappa shape index (κ3) is 1.55. The molecule has 0 aromatic heterocycles. The average molecular weight is 193 g/mol.